The molecule has 178 valence electrons. The summed E-state index contributed by atoms with van der Waals surface area (Å²) in [5, 5.41) is 7.68. The van der Waals surface area contributed by atoms with Crippen LogP contribution in [0.2, 0.25) is 5.02 Å². The molecule has 34 heavy (non-hydrogen) atoms. The van der Waals surface area contributed by atoms with Crippen molar-refractivity contribution in [2.24, 2.45) is 11.7 Å². The lowest BCUT2D eigenvalue weighted by molar-refractivity contribution is 0.0595. The average molecular weight is 481 g/mol. The largest absolute Gasteiger partial charge is 0.457 e. The van der Waals surface area contributed by atoms with Crippen LogP contribution in [-0.4, -0.2) is 29.5 Å². The van der Waals surface area contributed by atoms with Gasteiger partial charge >= 0.3 is 0 Å². The smallest absolute Gasteiger partial charge is 0.292 e. The van der Waals surface area contributed by atoms with E-state index in [1.165, 1.54) is 4.68 Å². The molecule has 8 heteroatoms. The van der Waals surface area contributed by atoms with E-state index in [4.69, 9.17) is 26.8 Å². The van der Waals surface area contributed by atoms with Crippen molar-refractivity contribution in [1.82, 2.24) is 9.78 Å². The zero-order valence-corrected chi connectivity index (χ0v) is 20.0. The van der Waals surface area contributed by atoms with Crippen molar-refractivity contribution in [1.29, 1.82) is 0 Å². The van der Waals surface area contributed by atoms with Crippen LogP contribution in [0.3, 0.4) is 0 Å². The number of hydrogen-bond donors (Lipinski definition) is 2. The van der Waals surface area contributed by atoms with Crippen LogP contribution in [0.1, 0.15) is 36.8 Å². The molecule has 1 saturated carbocycles. The predicted molar refractivity (Wildman–Crippen MR) is 133 cm³/mol. The molecule has 3 N–H and O–H groups in total. The van der Waals surface area contributed by atoms with Crippen molar-refractivity contribution in [3.63, 3.8) is 0 Å². The van der Waals surface area contributed by atoms with Gasteiger partial charge in [-0.1, -0.05) is 23.7 Å². The molecule has 7 nitrogen and oxygen atoms in total. The summed E-state index contributed by atoms with van der Waals surface area (Å²) in [7, 11) is 0. The number of aromatic nitrogens is 2. The first kappa shape index (κ1) is 22.9. The van der Waals surface area contributed by atoms with Gasteiger partial charge in [-0.2, -0.15) is 9.78 Å². The lowest BCUT2D eigenvalue weighted by atomic mass is 10.0. The summed E-state index contributed by atoms with van der Waals surface area (Å²) < 4.78 is 12.9. The second-order valence-corrected chi connectivity index (χ2v) is 9.66. The van der Waals surface area contributed by atoms with Gasteiger partial charge < -0.3 is 20.5 Å². The molecule has 0 amide bonds. The van der Waals surface area contributed by atoms with Crippen molar-refractivity contribution in [3.8, 4) is 17.2 Å². The van der Waals surface area contributed by atoms with Crippen molar-refractivity contribution in [2.75, 3.05) is 25.1 Å². The van der Waals surface area contributed by atoms with Crippen molar-refractivity contribution >= 4 is 17.3 Å². The van der Waals surface area contributed by atoms with E-state index >= 15 is 0 Å². The molecule has 1 aromatic heterocycles. The van der Waals surface area contributed by atoms with E-state index in [-0.39, 0.29) is 16.1 Å². The molecule has 0 bridgehead atoms. The minimum Gasteiger partial charge on any atom is -0.457 e. The number of nitrogens with zero attached hydrogens (tertiary/aromatic N) is 2. The van der Waals surface area contributed by atoms with E-state index in [2.05, 4.69) is 16.5 Å². The maximum Gasteiger partial charge on any atom is 0.292 e. The van der Waals surface area contributed by atoms with Crippen molar-refractivity contribution in [3.05, 3.63) is 75.2 Å². The van der Waals surface area contributed by atoms with Crippen LogP contribution in [0.5, 0.6) is 11.5 Å². The molecule has 3 aromatic rings. The molecule has 1 atom stereocenters. The third-order valence-corrected chi connectivity index (χ3v) is 6.97. The first-order valence-corrected chi connectivity index (χ1v) is 12.1. The maximum absolute atomic E-state index is 12.8. The van der Waals surface area contributed by atoms with Crippen molar-refractivity contribution in [2.45, 2.75) is 38.1 Å². The fourth-order valence-electron chi connectivity index (χ4n) is 4.24. The highest BCUT2D eigenvalue weighted by Gasteiger charge is 2.40. The fraction of sp³-hybridized carbons (Fsp3) is 0.385. The Morgan fingerprint density at radius 3 is 2.74 bits per heavy atom. The number of anilines is 1. The molecule has 1 unspecified atom stereocenters. The molecular formula is C26H29ClN4O3. The van der Waals surface area contributed by atoms with Gasteiger partial charge in [0.25, 0.3) is 5.56 Å². The van der Waals surface area contributed by atoms with Gasteiger partial charge in [0, 0.05) is 18.7 Å². The van der Waals surface area contributed by atoms with Crippen molar-refractivity contribution < 1.29 is 9.47 Å². The minimum atomic E-state index is -0.373. The Morgan fingerprint density at radius 2 is 2.06 bits per heavy atom. The van der Waals surface area contributed by atoms with E-state index in [0.717, 1.165) is 55.8 Å². The number of ether oxygens (including phenoxy) is 2. The second kappa shape index (κ2) is 9.41. The molecule has 2 heterocycles. The van der Waals surface area contributed by atoms with Gasteiger partial charge in [-0.15, -0.1) is 0 Å². The van der Waals surface area contributed by atoms with Crippen LogP contribution in [0.4, 0.5) is 5.69 Å². The van der Waals surface area contributed by atoms with Crippen LogP contribution < -0.4 is 21.3 Å². The summed E-state index contributed by atoms with van der Waals surface area (Å²) in [6.45, 7) is 4.26. The van der Waals surface area contributed by atoms with Gasteiger partial charge in [-0.05, 0) is 80.0 Å². The Kier molecular flexibility index (Phi) is 6.34. The molecule has 0 spiro atoms. The second-order valence-electron chi connectivity index (χ2n) is 9.29. The molecule has 2 fully saturated rings. The SMILES string of the molecule is Cc1cc(C2(N)CC2)ccc1Oc1ccc(-n2ncc(NCC3CCCOC3)c(Cl)c2=O)cc1. The Hall–Kier alpha value is -2.87. The Bertz CT molecular complexity index is 1230. The van der Waals surface area contributed by atoms with Gasteiger partial charge in [0.05, 0.1) is 24.2 Å². The standard InChI is InChI=1S/C26H29ClN4O3/c1-17-13-19(26(28)10-11-26)4-9-23(17)34-21-7-5-20(6-8-21)31-25(32)24(27)22(15-30-31)29-14-18-3-2-12-33-16-18/h4-9,13,15,18,29H,2-3,10-12,14,16,28H2,1H3. The highest BCUT2D eigenvalue weighted by molar-refractivity contribution is 6.32. The fourth-order valence-corrected chi connectivity index (χ4v) is 4.44. The minimum absolute atomic E-state index is 0.121. The number of benzene rings is 2. The van der Waals surface area contributed by atoms with E-state index in [1.54, 1.807) is 18.3 Å². The van der Waals surface area contributed by atoms with E-state index < -0.39 is 0 Å². The molecule has 0 radical (unpaired) electrons. The lowest BCUT2D eigenvalue weighted by Crippen LogP contribution is -2.26. The predicted octanol–water partition coefficient (Wildman–Crippen LogP) is 4.77. The summed E-state index contributed by atoms with van der Waals surface area (Å²) in [4.78, 5) is 12.8. The third-order valence-electron chi connectivity index (χ3n) is 6.60. The maximum atomic E-state index is 12.8. The summed E-state index contributed by atoms with van der Waals surface area (Å²) in [6, 6.07) is 13.3. The van der Waals surface area contributed by atoms with Crippen LogP contribution in [0.25, 0.3) is 5.69 Å². The third kappa shape index (κ3) is 4.82. The normalized spacial score (nSPS) is 19.0. The highest BCUT2D eigenvalue weighted by atomic mass is 35.5. The number of nitrogens with one attached hydrogen (secondary N) is 1. The van der Waals surface area contributed by atoms with Gasteiger partial charge in [-0.3, -0.25) is 4.79 Å². The molecular weight excluding hydrogens is 452 g/mol. The highest BCUT2D eigenvalue weighted by Crippen LogP contribution is 2.43. The zero-order valence-electron chi connectivity index (χ0n) is 19.2. The van der Waals surface area contributed by atoms with Gasteiger partial charge in [0.2, 0.25) is 0 Å². The summed E-state index contributed by atoms with van der Waals surface area (Å²) in [6.07, 6.45) is 5.79. The molecule has 2 aliphatic rings. The Morgan fingerprint density at radius 1 is 1.26 bits per heavy atom. The number of nitrogens with two attached hydrogens (primary N) is 1. The molecule has 2 aromatic carbocycles. The summed E-state index contributed by atoms with van der Waals surface area (Å²) in [5.41, 5.74) is 9.10. The molecule has 1 aliphatic carbocycles. The van der Waals surface area contributed by atoms with Gasteiger partial charge in [0.15, 0.2) is 0 Å². The number of aryl methyl sites for hydroxylation is 1. The summed E-state index contributed by atoms with van der Waals surface area (Å²) in [5.74, 6) is 1.85. The first-order valence-electron chi connectivity index (χ1n) is 11.7. The van der Waals surface area contributed by atoms with Gasteiger partial charge in [-0.25, -0.2) is 0 Å². The molecule has 5 rings (SSSR count). The lowest BCUT2D eigenvalue weighted by Gasteiger charge is -2.22. The molecule has 1 aliphatic heterocycles. The van der Waals surface area contributed by atoms with Crippen LogP contribution >= 0.6 is 11.6 Å². The number of halogens is 1. The van der Waals surface area contributed by atoms with E-state index in [9.17, 15) is 4.79 Å². The Labute approximate surface area is 203 Å². The first-order chi connectivity index (χ1) is 16.4. The zero-order chi connectivity index (χ0) is 23.7. The monoisotopic (exact) mass is 480 g/mol. The quantitative estimate of drug-likeness (QED) is 0.506. The van der Waals surface area contributed by atoms with Crippen LogP contribution in [0.15, 0.2) is 53.5 Å². The Balaban J connectivity index is 1.27. The summed E-state index contributed by atoms with van der Waals surface area (Å²) >= 11 is 6.37. The topological polar surface area (TPSA) is 91.4 Å². The van der Waals surface area contributed by atoms with Crippen LogP contribution in [0, 0.1) is 12.8 Å². The average Bonchev–Trinajstić information content (AvgIpc) is 3.61. The van der Waals surface area contributed by atoms with E-state index in [0.29, 0.717) is 29.6 Å². The number of rotatable bonds is 7. The van der Waals surface area contributed by atoms with Crippen LogP contribution in [-0.2, 0) is 10.3 Å². The van der Waals surface area contributed by atoms with E-state index in [1.807, 2.05) is 31.2 Å². The number of hydrogen-bond acceptors (Lipinski definition) is 6. The van der Waals surface area contributed by atoms with Gasteiger partial charge in [0.1, 0.15) is 16.5 Å². The molecule has 1 saturated heterocycles.